The van der Waals surface area contributed by atoms with Crippen molar-refractivity contribution in [3.8, 4) is 6.07 Å². The molecule has 0 aliphatic carbocycles. The fraction of sp³-hybridized carbons (Fsp3) is 0.333. The highest BCUT2D eigenvalue weighted by molar-refractivity contribution is 5.95. The number of carbonyl (C=O) groups is 1. The molecule has 0 fully saturated rings. The number of carbonyl (C=O) groups excluding carboxylic acids is 1. The summed E-state index contributed by atoms with van der Waals surface area (Å²) in [5.41, 5.74) is 0.959. The average Bonchev–Trinajstić information content (AvgIpc) is 2.30. The van der Waals surface area contributed by atoms with E-state index in [0.29, 0.717) is 17.9 Å². The Labute approximate surface area is 94.8 Å². The Kier molecular flexibility index (Phi) is 4.49. The Bertz CT molecular complexity index is 410. The van der Waals surface area contributed by atoms with Gasteiger partial charge in [0, 0.05) is 6.61 Å². The van der Waals surface area contributed by atoms with Crippen molar-refractivity contribution in [3.05, 3.63) is 29.8 Å². The molecule has 84 valence electrons. The zero-order valence-electron chi connectivity index (χ0n) is 9.36. The van der Waals surface area contributed by atoms with E-state index in [1.165, 1.54) is 0 Å². The molecule has 1 aromatic carbocycles. The van der Waals surface area contributed by atoms with E-state index in [9.17, 15) is 4.79 Å². The molecule has 1 atom stereocenters. The summed E-state index contributed by atoms with van der Waals surface area (Å²) >= 11 is 0. The van der Waals surface area contributed by atoms with Crippen molar-refractivity contribution in [1.82, 2.24) is 0 Å². The number of nitrogens with one attached hydrogen (secondary N) is 1. The normalized spacial score (nSPS) is 11.6. The van der Waals surface area contributed by atoms with Gasteiger partial charge in [-0.3, -0.25) is 4.79 Å². The molecule has 1 amide bonds. The van der Waals surface area contributed by atoms with E-state index in [4.69, 9.17) is 10.00 Å². The molecule has 0 saturated heterocycles. The van der Waals surface area contributed by atoms with Gasteiger partial charge in [-0.25, -0.2) is 0 Å². The van der Waals surface area contributed by atoms with Gasteiger partial charge in [0.2, 0.25) is 0 Å². The van der Waals surface area contributed by atoms with Crippen LogP contribution in [0.2, 0.25) is 0 Å². The van der Waals surface area contributed by atoms with Crippen LogP contribution in [0.15, 0.2) is 24.3 Å². The molecule has 0 radical (unpaired) electrons. The number of para-hydroxylation sites is 1. The Morgan fingerprint density at radius 2 is 2.25 bits per heavy atom. The zero-order chi connectivity index (χ0) is 12.0. The van der Waals surface area contributed by atoms with Crippen LogP contribution in [-0.2, 0) is 9.53 Å². The second-order valence-electron chi connectivity index (χ2n) is 3.24. The number of nitriles is 1. The summed E-state index contributed by atoms with van der Waals surface area (Å²) in [5, 5.41) is 11.5. The summed E-state index contributed by atoms with van der Waals surface area (Å²) in [6, 6.07) is 8.88. The van der Waals surface area contributed by atoms with Gasteiger partial charge in [0.1, 0.15) is 12.2 Å². The van der Waals surface area contributed by atoms with Crippen molar-refractivity contribution < 1.29 is 9.53 Å². The zero-order valence-corrected chi connectivity index (χ0v) is 9.36. The van der Waals surface area contributed by atoms with E-state index in [0.717, 1.165) is 0 Å². The van der Waals surface area contributed by atoms with Crippen molar-refractivity contribution in [2.45, 2.75) is 20.0 Å². The predicted molar refractivity (Wildman–Crippen MR) is 60.9 cm³/mol. The number of amides is 1. The summed E-state index contributed by atoms with van der Waals surface area (Å²) in [4.78, 5) is 11.6. The van der Waals surface area contributed by atoms with Crippen LogP contribution in [0.4, 0.5) is 5.69 Å². The summed E-state index contributed by atoms with van der Waals surface area (Å²) in [6.07, 6.45) is -0.517. The number of hydrogen-bond acceptors (Lipinski definition) is 3. The van der Waals surface area contributed by atoms with Gasteiger partial charge in [-0.05, 0) is 26.0 Å². The number of benzene rings is 1. The molecule has 1 N–H and O–H groups in total. The summed E-state index contributed by atoms with van der Waals surface area (Å²) in [6.45, 7) is 3.98. The van der Waals surface area contributed by atoms with Crippen LogP contribution in [0.1, 0.15) is 19.4 Å². The monoisotopic (exact) mass is 218 g/mol. The molecular weight excluding hydrogens is 204 g/mol. The highest BCUT2D eigenvalue weighted by Crippen LogP contribution is 2.13. The highest BCUT2D eigenvalue weighted by atomic mass is 16.5. The first-order valence-electron chi connectivity index (χ1n) is 5.10. The smallest absolute Gasteiger partial charge is 0.253 e. The molecule has 0 aliphatic rings. The Morgan fingerprint density at radius 3 is 2.88 bits per heavy atom. The summed E-state index contributed by atoms with van der Waals surface area (Å²) in [5.74, 6) is -0.246. The molecule has 4 nitrogen and oxygen atoms in total. The van der Waals surface area contributed by atoms with Gasteiger partial charge in [-0.1, -0.05) is 12.1 Å². The van der Waals surface area contributed by atoms with Crippen LogP contribution >= 0.6 is 0 Å². The van der Waals surface area contributed by atoms with Crippen molar-refractivity contribution >= 4 is 11.6 Å². The quantitative estimate of drug-likeness (QED) is 0.839. The fourth-order valence-electron chi connectivity index (χ4n) is 1.25. The molecule has 4 heteroatoms. The molecule has 1 unspecified atom stereocenters. The lowest BCUT2D eigenvalue weighted by molar-refractivity contribution is -0.126. The summed E-state index contributed by atoms with van der Waals surface area (Å²) < 4.78 is 5.15. The van der Waals surface area contributed by atoms with Crippen molar-refractivity contribution in [2.24, 2.45) is 0 Å². The van der Waals surface area contributed by atoms with Crippen molar-refractivity contribution in [3.63, 3.8) is 0 Å². The third-order valence-corrected chi connectivity index (χ3v) is 2.09. The van der Waals surface area contributed by atoms with Crippen LogP contribution in [0.25, 0.3) is 0 Å². The largest absolute Gasteiger partial charge is 0.369 e. The molecule has 16 heavy (non-hydrogen) atoms. The molecule has 1 rings (SSSR count). The SMILES string of the molecule is CCOC(C)C(=O)Nc1ccccc1C#N. The number of ether oxygens (including phenoxy) is 1. The number of nitrogens with zero attached hydrogens (tertiary/aromatic N) is 1. The first-order chi connectivity index (χ1) is 7.69. The minimum Gasteiger partial charge on any atom is -0.369 e. The molecular formula is C12H14N2O2. The number of hydrogen-bond donors (Lipinski definition) is 1. The molecule has 0 saturated carbocycles. The molecule has 1 aromatic rings. The maximum Gasteiger partial charge on any atom is 0.253 e. The fourth-order valence-corrected chi connectivity index (χ4v) is 1.25. The molecule has 0 heterocycles. The lowest BCUT2D eigenvalue weighted by Gasteiger charge is -2.12. The second kappa shape index (κ2) is 5.89. The molecule has 0 aliphatic heterocycles. The first-order valence-corrected chi connectivity index (χ1v) is 5.10. The van der Waals surface area contributed by atoms with E-state index < -0.39 is 6.10 Å². The standard InChI is InChI=1S/C12H14N2O2/c1-3-16-9(2)12(15)14-11-7-5-4-6-10(11)8-13/h4-7,9H,3H2,1-2H3,(H,14,15). The van der Waals surface area contributed by atoms with Crippen molar-refractivity contribution in [1.29, 1.82) is 5.26 Å². The van der Waals surface area contributed by atoms with E-state index in [2.05, 4.69) is 5.32 Å². The summed E-state index contributed by atoms with van der Waals surface area (Å²) in [7, 11) is 0. The van der Waals surface area contributed by atoms with E-state index >= 15 is 0 Å². The van der Waals surface area contributed by atoms with Crippen molar-refractivity contribution in [2.75, 3.05) is 11.9 Å². The van der Waals surface area contributed by atoms with Gasteiger partial charge in [0.05, 0.1) is 11.3 Å². The van der Waals surface area contributed by atoms with Gasteiger partial charge in [-0.15, -0.1) is 0 Å². The Balaban J connectivity index is 2.74. The second-order valence-corrected chi connectivity index (χ2v) is 3.24. The lowest BCUT2D eigenvalue weighted by Crippen LogP contribution is -2.27. The van der Waals surface area contributed by atoms with Gasteiger partial charge in [0.15, 0.2) is 0 Å². The number of rotatable bonds is 4. The minimum atomic E-state index is -0.517. The van der Waals surface area contributed by atoms with E-state index in [1.807, 2.05) is 13.0 Å². The van der Waals surface area contributed by atoms with Gasteiger partial charge >= 0.3 is 0 Å². The predicted octanol–water partition coefficient (Wildman–Crippen LogP) is 1.92. The van der Waals surface area contributed by atoms with Gasteiger partial charge in [0.25, 0.3) is 5.91 Å². The van der Waals surface area contributed by atoms with Crippen LogP contribution in [-0.4, -0.2) is 18.6 Å². The van der Waals surface area contributed by atoms with E-state index in [1.54, 1.807) is 31.2 Å². The van der Waals surface area contributed by atoms with Gasteiger partial charge < -0.3 is 10.1 Å². The molecule has 0 aromatic heterocycles. The van der Waals surface area contributed by atoms with Crippen LogP contribution in [0.5, 0.6) is 0 Å². The number of anilines is 1. The molecule has 0 bridgehead atoms. The lowest BCUT2D eigenvalue weighted by atomic mass is 10.2. The van der Waals surface area contributed by atoms with Crippen LogP contribution in [0.3, 0.4) is 0 Å². The first kappa shape index (κ1) is 12.2. The topological polar surface area (TPSA) is 62.1 Å². The third kappa shape index (κ3) is 3.07. The minimum absolute atomic E-state index is 0.246. The molecule has 0 spiro atoms. The maximum absolute atomic E-state index is 11.6. The Morgan fingerprint density at radius 1 is 1.56 bits per heavy atom. The maximum atomic E-state index is 11.6. The van der Waals surface area contributed by atoms with Crippen LogP contribution < -0.4 is 5.32 Å². The third-order valence-electron chi connectivity index (χ3n) is 2.09. The van der Waals surface area contributed by atoms with Crippen LogP contribution in [0, 0.1) is 11.3 Å². The van der Waals surface area contributed by atoms with E-state index in [-0.39, 0.29) is 5.91 Å². The highest BCUT2D eigenvalue weighted by Gasteiger charge is 2.13. The van der Waals surface area contributed by atoms with Gasteiger partial charge in [-0.2, -0.15) is 5.26 Å². The Hall–Kier alpha value is -1.86. The average molecular weight is 218 g/mol.